The number of rotatable bonds is 7. The Balaban J connectivity index is 3.80. The van der Waals surface area contributed by atoms with E-state index in [-0.39, 0.29) is 23.0 Å². The van der Waals surface area contributed by atoms with Crippen molar-refractivity contribution in [3.8, 4) is 5.75 Å². The normalized spacial score (nSPS) is 14.0. The lowest BCUT2D eigenvalue weighted by molar-refractivity contribution is -0.167. The molecule has 0 aromatic heterocycles. The smallest absolute Gasteiger partial charge is 0.321 e. The number of aromatic hydroxyl groups is 1. The van der Waals surface area contributed by atoms with Crippen molar-refractivity contribution in [2.24, 2.45) is 5.41 Å². The predicted molar refractivity (Wildman–Crippen MR) is 111 cm³/mol. The molecule has 1 atom stereocenters. The number of carbonyl (C=O) groups is 2. The van der Waals surface area contributed by atoms with Crippen molar-refractivity contribution >= 4 is 11.9 Å². The third-order valence-corrected chi connectivity index (χ3v) is 5.68. The zero-order valence-electron chi connectivity index (χ0n) is 18.5. The Morgan fingerprint density at radius 3 is 1.61 bits per heavy atom. The quantitative estimate of drug-likeness (QED) is 0.537. The molecule has 0 heterocycles. The summed E-state index contributed by atoms with van der Waals surface area (Å²) in [5.74, 6) is -3.19. The third kappa shape index (κ3) is 4.50. The molecule has 0 aliphatic carbocycles. The topological polar surface area (TPSA) is 94.8 Å². The van der Waals surface area contributed by atoms with Gasteiger partial charge in [-0.05, 0) is 33.9 Å². The van der Waals surface area contributed by atoms with Crippen LogP contribution in [0.3, 0.4) is 0 Å². The fourth-order valence-electron chi connectivity index (χ4n) is 3.68. The Kier molecular flexibility index (Phi) is 6.98. The molecule has 5 nitrogen and oxygen atoms in total. The van der Waals surface area contributed by atoms with Gasteiger partial charge in [0, 0.05) is 5.92 Å². The summed E-state index contributed by atoms with van der Waals surface area (Å²) in [5.41, 5.74) is -0.633. The van der Waals surface area contributed by atoms with E-state index < -0.39 is 23.3 Å². The molecule has 158 valence electrons. The summed E-state index contributed by atoms with van der Waals surface area (Å²) in [6.45, 7) is 15.4. The standard InChI is InChI=1S/C23H36O5/c1-9-10-11-23(19(25)26,20(27)28)14(2)15-12-16(21(3,4)5)18(24)17(13-15)22(6,7)8/h12-14,24H,9-11H2,1-8H3,(H,25,26)(H,27,28). The van der Waals surface area contributed by atoms with Gasteiger partial charge >= 0.3 is 11.9 Å². The van der Waals surface area contributed by atoms with Gasteiger partial charge in [-0.1, -0.05) is 80.4 Å². The second kappa shape index (κ2) is 8.14. The number of carboxylic acids is 2. The minimum Gasteiger partial charge on any atom is -0.507 e. The van der Waals surface area contributed by atoms with Crippen molar-refractivity contribution < 1.29 is 24.9 Å². The molecule has 0 radical (unpaired) electrons. The van der Waals surface area contributed by atoms with Crippen molar-refractivity contribution in [3.05, 3.63) is 28.8 Å². The minimum atomic E-state index is -1.91. The molecule has 0 saturated carbocycles. The number of carboxylic acid groups (broad SMARTS) is 2. The van der Waals surface area contributed by atoms with Gasteiger partial charge in [-0.2, -0.15) is 0 Å². The summed E-state index contributed by atoms with van der Waals surface area (Å²) in [7, 11) is 0. The average molecular weight is 393 g/mol. The van der Waals surface area contributed by atoms with Crippen LogP contribution in [0.25, 0.3) is 0 Å². The Labute approximate surface area is 168 Å². The zero-order valence-corrected chi connectivity index (χ0v) is 18.5. The first-order chi connectivity index (χ1) is 12.6. The first-order valence-electron chi connectivity index (χ1n) is 9.95. The van der Waals surface area contributed by atoms with Gasteiger partial charge in [0.05, 0.1) is 0 Å². The van der Waals surface area contributed by atoms with Gasteiger partial charge in [0.1, 0.15) is 5.75 Å². The highest BCUT2D eigenvalue weighted by Crippen LogP contribution is 2.46. The molecule has 0 aliphatic heterocycles. The molecule has 0 amide bonds. The van der Waals surface area contributed by atoms with Crippen LogP contribution < -0.4 is 0 Å². The van der Waals surface area contributed by atoms with Crippen molar-refractivity contribution in [1.82, 2.24) is 0 Å². The fourth-order valence-corrected chi connectivity index (χ4v) is 3.68. The number of phenolic OH excluding ortho intramolecular Hbond substituents is 1. The summed E-state index contributed by atoms with van der Waals surface area (Å²) >= 11 is 0. The number of hydrogen-bond acceptors (Lipinski definition) is 3. The number of unbranched alkanes of at least 4 members (excludes halogenated alkanes) is 1. The van der Waals surface area contributed by atoms with Crippen molar-refractivity contribution in [2.75, 3.05) is 0 Å². The Hall–Kier alpha value is -2.04. The first kappa shape index (κ1) is 24.0. The molecular formula is C23H36O5. The van der Waals surface area contributed by atoms with Crippen molar-refractivity contribution in [2.45, 2.75) is 91.4 Å². The summed E-state index contributed by atoms with van der Waals surface area (Å²) in [5, 5.41) is 30.8. The van der Waals surface area contributed by atoms with E-state index in [0.29, 0.717) is 29.5 Å². The first-order valence-corrected chi connectivity index (χ1v) is 9.95. The van der Waals surface area contributed by atoms with Gasteiger partial charge in [-0.25, -0.2) is 0 Å². The lowest BCUT2D eigenvalue weighted by Gasteiger charge is -2.34. The van der Waals surface area contributed by atoms with E-state index in [1.807, 2.05) is 48.5 Å². The summed E-state index contributed by atoms with van der Waals surface area (Å²) in [6, 6.07) is 3.56. The van der Waals surface area contributed by atoms with Gasteiger partial charge in [0.25, 0.3) is 0 Å². The highest BCUT2D eigenvalue weighted by molar-refractivity contribution is 5.99. The maximum absolute atomic E-state index is 12.2. The molecule has 28 heavy (non-hydrogen) atoms. The van der Waals surface area contributed by atoms with E-state index in [2.05, 4.69) is 0 Å². The van der Waals surface area contributed by atoms with E-state index in [4.69, 9.17) is 0 Å². The molecule has 1 aromatic rings. The number of hydrogen-bond donors (Lipinski definition) is 3. The lowest BCUT2D eigenvalue weighted by atomic mass is 9.68. The highest BCUT2D eigenvalue weighted by Gasteiger charge is 2.51. The third-order valence-electron chi connectivity index (χ3n) is 5.68. The van der Waals surface area contributed by atoms with Crippen LogP contribution in [0.2, 0.25) is 0 Å². The molecule has 1 rings (SSSR count). The zero-order chi connectivity index (χ0) is 22.1. The van der Waals surface area contributed by atoms with Crippen LogP contribution in [0.4, 0.5) is 0 Å². The number of phenols is 1. The predicted octanol–water partition coefficient (Wildman–Crippen LogP) is 5.44. The van der Waals surface area contributed by atoms with Crippen LogP contribution in [-0.4, -0.2) is 27.3 Å². The van der Waals surface area contributed by atoms with Crippen LogP contribution in [0.15, 0.2) is 12.1 Å². The van der Waals surface area contributed by atoms with Crippen molar-refractivity contribution in [3.63, 3.8) is 0 Å². The SMILES string of the molecule is CCCCC(C(=O)O)(C(=O)O)C(C)c1cc(C(C)(C)C)c(O)c(C(C)(C)C)c1. The van der Waals surface area contributed by atoms with Crippen molar-refractivity contribution in [1.29, 1.82) is 0 Å². The monoisotopic (exact) mass is 392 g/mol. The average Bonchev–Trinajstić information content (AvgIpc) is 2.52. The largest absolute Gasteiger partial charge is 0.507 e. The summed E-state index contributed by atoms with van der Waals surface area (Å²) in [4.78, 5) is 24.4. The summed E-state index contributed by atoms with van der Waals surface area (Å²) < 4.78 is 0. The molecule has 0 aliphatic rings. The van der Waals surface area contributed by atoms with E-state index >= 15 is 0 Å². The Morgan fingerprint density at radius 2 is 1.32 bits per heavy atom. The van der Waals surface area contributed by atoms with Crippen LogP contribution >= 0.6 is 0 Å². The number of benzene rings is 1. The highest BCUT2D eigenvalue weighted by atomic mass is 16.4. The Morgan fingerprint density at radius 1 is 0.929 bits per heavy atom. The fraction of sp³-hybridized carbons (Fsp3) is 0.652. The van der Waals surface area contributed by atoms with E-state index in [1.165, 1.54) is 0 Å². The van der Waals surface area contributed by atoms with E-state index in [0.717, 1.165) is 0 Å². The maximum atomic E-state index is 12.2. The molecule has 1 unspecified atom stereocenters. The van der Waals surface area contributed by atoms with Gasteiger partial charge in [0.2, 0.25) is 0 Å². The molecule has 0 bridgehead atoms. The molecule has 0 spiro atoms. The van der Waals surface area contributed by atoms with Gasteiger partial charge in [-0.15, -0.1) is 0 Å². The summed E-state index contributed by atoms with van der Waals surface area (Å²) in [6.07, 6.45) is 1.29. The molecule has 0 saturated heterocycles. The van der Waals surface area contributed by atoms with Crippen LogP contribution in [0.1, 0.15) is 97.3 Å². The van der Waals surface area contributed by atoms with Gasteiger partial charge in [-0.3, -0.25) is 9.59 Å². The molecule has 1 aromatic carbocycles. The molecule has 3 N–H and O–H groups in total. The van der Waals surface area contributed by atoms with E-state index in [1.54, 1.807) is 19.1 Å². The van der Waals surface area contributed by atoms with Crippen LogP contribution in [0, 0.1) is 5.41 Å². The number of aliphatic carboxylic acids is 2. The maximum Gasteiger partial charge on any atom is 0.321 e. The van der Waals surface area contributed by atoms with Crippen LogP contribution in [0.5, 0.6) is 5.75 Å². The van der Waals surface area contributed by atoms with Gasteiger partial charge in [0.15, 0.2) is 5.41 Å². The lowest BCUT2D eigenvalue weighted by Crippen LogP contribution is -2.44. The van der Waals surface area contributed by atoms with Crippen LogP contribution in [-0.2, 0) is 20.4 Å². The molecule has 5 heteroatoms. The van der Waals surface area contributed by atoms with Gasteiger partial charge < -0.3 is 15.3 Å². The molecular weight excluding hydrogens is 356 g/mol. The Bertz CT molecular complexity index is 685. The molecule has 0 fully saturated rings. The second-order valence-electron chi connectivity index (χ2n) is 9.87. The second-order valence-corrected chi connectivity index (χ2v) is 9.87. The van der Waals surface area contributed by atoms with E-state index in [9.17, 15) is 24.9 Å². The minimum absolute atomic E-state index is 0.0614.